The number of guanidine groups is 1. The fraction of sp³-hybridized carbons (Fsp3) is 0.950. The summed E-state index contributed by atoms with van der Waals surface area (Å²) in [5, 5.41) is 7.21. The number of aliphatic imine (C=N–C) groups is 1. The van der Waals surface area contributed by atoms with Gasteiger partial charge in [-0.2, -0.15) is 0 Å². The van der Waals surface area contributed by atoms with Gasteiger partial charge in [0.1, 0.15) is 0 Å². The molecule has 0 radical (unpaired) electrons. The van der Waals surface area contributed by atoms with Crippen LogP contribution in [0.5, 0.6) is 0 Å². The van der Waals surface area contributed by atoms with E-state index in [1.807, 2.05) is 7.05 Å². The van der Waals surface area contributed by atoms with Crippen LogP contribution in [0.2, 0.25) is 0 Å². The lowest BCUT2D eigenvalue weighted by molar-refractivity contribution is -0.0946. The van der Waals surface area contributed by atoms with E-state index in [4.69, 9.17) is 4.74 Å². The Morgan fingerprint density at radius 3 is 2.23 bits per heavy atom. The molecule has 2 aliphatic rings. The van der Waals surface area contributed by atoms with E-state index in [0.29, 0.717) is 18.0 Å². The lowest BCUT2D eigenvalue weighted by atomic mass is 10.00. The number of nitrogens with one attached hydrogen (secondary N) is 2. The molecule has 0 aliphatic carbocycles. The molecule has 0 spiro atoms. The van der Waals surface area contributed by atoms with Crippen molar-refractivity contribution in [1.29, 1.82) is 0 Å². The van der Waals surface area contributed by atoms with E-state index in [2.05, 4.69) is 73.9 Å². The smallest absolute Gasteiger partial charge is 0.191 e. The van der Waals surface area contributed by atoms with Gasteiger partial charge >= 0.3 is 0 Å². The van der Waals surface area contributed by atoms with Crippen molar-refractivity contribution in [3.63, 3.8) is 0 Å². The highest BCUT2D eigenvalue weighted by atomic mass is 16.5. The Labute approximate surface area is 160 Å². The van der Waals surface area contributed by atoms with E-state index in [9.17, 15) is 0 Å². The molecule has 2 heterocycles. The third kappa shape index (κ3) is 5.57. The van der Waals surface area contributed by atoms with E-state index in [1.54, 1.807) is 0 Å². The van der Waals surface area contributed by atoms with Crippen LogP contribution in [0, 0.1) is 5.92 Å². The van der Waals surface area contributed by atoms with Crippen molar-refractivity contribution < 1.29 is 4.74 Å². The van der Waals surface area contributed by atoms with Crippen molar-refractivity contribution in [3.05, 3.63) is 0 Å². The third-order valence-corrected chi connectivity index (χ3v) is 5.88. The van der Waals surface area contributed by atoms with Crippen LogP contribution >= 0.6 is 0 Å². The molecular weight excluding hydrogens is 326 g/mol. The summed E-state index contributed by atoms with van der Waals surface area (Å²) in [4.78, 5) is 9.54. The number of morpholine rings is 1. The second-order valence-corrected chi connectivity index (χ2v) is 9.18. The minimum atomic E-state index is 0.0508. The zero-order valence-corrected chi connectivity index (χ0v) is 18.2. The number of hydrogen-bond donors (Lipinski definition) is 2. The number of hydrogen-bond acceptors (Lipinski definition) is 4. The molecule has 2 rings (SSSR count). The summed E-state index contributed by atoms with van der Waals surface area (Å²) < 4.78 is 5.89. The Morgan fingerprint density at radius 2 is 1.73 bits per heavy atom. The summed E-state index contributed by atoms with van der Waals surface area (Å²) in [7, 11) is 1.86. The molecule has 0 aromatic rings. The van der Waals surface area contributed by atoms with Crippen molar-refractivity contribution in [1.82, 2.24) is 20.4 Å². The van der Waals surface area contributed by atoms with Crippen LogP contribution in [0.4, 0.5) is 0 Å². The average Bonchev–Trinajstić information content (AvgIpc) is 2.91. The van der Waals surface area contributed by atoms with Crippen molar-refractivity contribution in [2.24, 2.45) is 10.9 Å². The van der Waals surface area contributed by atoms with Gasteiger partial charge in [-0.05, 0) is 47.5 Å². The monoisotopic (exact) mass is 367 g/mol. The highest BCUT2D eigenvalue weighted by Crippen LogP contribution is 2.21. The van der Waals surface area contributed by atoms with Gasteiger partial charge in [0.25, 0.3) is 0 Å². The maximum absolute atomic E-state index is 5.89. The molecule has 6 heteroatoms. The maximum Gasteiger partial charge on any atom is 0.191 e. The molecule has 6 nitrogen and oxygen atoms in total. The molecular formula is C20H41N5O. The first-order valence-corrected chi connectivity index (χ1v) is 10.2. The van der Waals surface area contributed by atoms with Gasteiger partial charge in [0.15, 0.2) is 5.96 Å². The van der Waals surface area contributed by atoms with E-state index in [1.165, 1.54) is 0 Å². The van der Waals surface area contributed by atoms with Crippen LogP contribution in [0.1, 0.15) is 48.5 Å². The van der Waals surface area contributed by atoms with Crippen molar-refractivity contribution in [3.8, 4) is 0 Å². The second-order valence-electron chi connectivity index (χ2n) is 9.18. The van der Waals surface area contributed by atoms with Gasteiger partial charge in [0.2, 0.25) is 0 Å². The van der Waals surface area contributed by atoms with Crippen LogP contribution in [0.3, 0.4) is 0 Å². The van der Waals surface area contributed by atoms with Crippen LogP contribution < -0.4 is 10.6 Å². The standard InChI is InChI=1S/C20H41N5O/c1-14(2)24-9-15(3)18(12-24)23-19(21-8)22-13-20(6,7)25-10-16(4)26-17(5)11-25/h14-18H,9-13H2,1-8H3,(H2,21,22,23). The van der Waals surface area contributed by atoms with Crippen LogP contribution in [-0.4, -0.2) is 85.4 Å². The minimum absolute atomic E-state index is 0.0508. The summed E-state index contributed by atoms with van der Waals surface area (Å²) >= 11 is 0. The van der Waals surface area contributed by atoms with Crippen molar-refractivity contribution >= 4 is 5.96 Å². The fourth-order valence-corrected chi connectivity index (χ4v) is 4.07. The van der Waals surface area contributed by atoms with Crippen molar-refractivity contribution in [2.45, 2.75) is 78.3 Å². The molecule has 0 aromatic heterocycles. The molecule has 0 saturated carbocycles. The largest absolute Gasteiger partial charge is 0.373 e. The summed E-state index contributed by atoms with van der Waals surface area (Å²) in [5.74, 6) is 1.54. The minimum Gasteiger partial charge on any atom is -0.373 e. The van der Waals surface area contributed by atoms with E-state index in [-0.39, 0.29) is 17.7 Å². The molecule has 152 valence electrons. The van der Waals surface area contributed by atoms with Crippen LogP contribution in [-0.2, 0) is 4.74 Å². The second kappa shape index (κ2) is 8.89. The molecule has 2 saturated heterocycles. The lowest BCUT2D eigenvalue weighted by Crippen LogP contribution is -2.60. The van der Waals surface area contributed by atoms with Gasteiger partial charge in [-0.3, -0.25) is 14.8 Å². The summed E-state index contributed by atoms with van der Waals surface area (Å²) in [6.07, 6.45) is 0.577. The van der Waals surface area contributed by atoms with Gasteiger partial charge in [0.05, 0.1) is 12.2 Å². The summed E-state index contributed by atoms with van der Waals surface area (Å²) in [6.45, 7) is 20.9. The first kappa shape index (κ1) is 21.5. The molecule has 0 aromatic carbocycles. The van der Waals surface area contributed by atoms with Gasteiger partial charge in [0, 0.05) is 57.4 Å². The molecule has 0 amide bonds. The summed E-state index contributed by atoms with van der Waals surface area (Å²) in [6, 6.07) is 1.05. The maximum atomic E-state index is 5.89. The van der Waals surface area contributed by atoms with Crippen LogP contribution in [0.15, 0.2) is 4.99 Å². The van der Waals surface area contributed by atoms with E-state index < -0.39 is 0 Å². The predicted octanol–water partition coefficient (Wildman–Crippen LogP) is 1.77. The Kier molecular flexibility index (Phi) is 7.34. The number of nitrogens with zero attached hydrogens (tertiary/aromatic N) is 3. The summed E-state index contributed by atoms with van der Waals surface area (Å²) in [5.41, 5.74) is 0.0508. The quantitative estimate of drug-likeness (QED) is 0.573. The third-order valence-electron chi connectivity index (χ3n) is 5.88. The van der Waals surface area contributed by atoms with E-state index >= 15 is 0 Å². The number of likely N-dealkylation sites (tertiary alicyclic amines) is 1. The highest BCUT2D eigenvalue weighted by Gasteiger charge is 2.34. The Balaban J connectivity index is 1.88. The molecule has 0 bridgehead atoms. The van der Waals surface area contributed by atoms with Gasteiger partial charge in [-0.1, -0.05) is 6.92 Å². The highest BCUT2D eigenvalue weighted by molar-refractivity contribution is 5.80. The van der Waals surface area contributed by atoms with Crippen molar-refractivity contribution in [2.75, 3.05) is 39.8 Å². The first-order valence-electron chi connectivity index (χ1n) is 10.2. The SMILES string of the molecule is CN=C(NCC(C)(C)N1CC(C)OC(C)C1)NC1CN(C(C)C)CC1C. The number of ether oxygens (including phenoxy) is 1. The van der Waals surface area contributed by atoms with Crippen LogP contribution in [0.25, 0.3) is 0 Å². The first-order chi connectivity index (χ1) is 12.1. The Hall–Kier alpha value is -0.850. The Morgan fingerprint density at radius 1 is 1.12 bits per heavy atom. The molecule has 2 N–H and O–H groups in total. The normalized spacial score (nSPS) is 32.3. The number of rotatable bonds is 5. The molecule has 26 heavy (non-hydrogen) atoms. The van der Waals surface area contributed by atoms with Gasteiger partial charge < -0.3 is 15.4 Å². The predicted molar refractivity (Wildman–Crippen MR) is 110 cm³/mol. The van der Waals surface area contributed by atoms with E-state index in [0.717, 1.165) is 38.7 Å². The fourth-order valence-electron chi connectivity index (χ4n) is 4.07. The molecule has 2 aliphatic heterocycles. The zero-order chi connectivity index (χ0) is 19.5. The topological polar surface area (TPSA) is 52.1 Å². The molecule has 2 fully saturated rings. The lowest BCUT2D eigenvalue weighted by Gasteiger charge is -2.45. The van der Waals surface area contributed by atoms with Gasteiger partial charge in [-0.15, -0.1) is 0 Å². The molecule has 4 unspecified atom stereocenters. The average molecular weight is 368 g/mol. The van der Waals surface area contributed by atoms with Gasteiger partial charge in [-0.25, -0.2) is 0 Å². The Bertz CT molecular complexity index is 469. The zero-order valence-electron chi connectivity index (χ0n) is 18.2. The molecule has 4 atom stereocenters.